The molecule has 1 aromatic heterocycles. The van der Waals surface area contributed by atoms with Gasteiger partial charge in [-0.25, -0.2) is 4.98 Å². The van der Waals surface area contributed by atoms with E-state index >= 15 is 0 Å². The minimum Gasteiger partial charge on any atom is -0.474 e. The Morgan fingerprint density at radius 2 is 2.06 bits per heavy atom. The first-order valence-electron chi connectivity index (χ1n) is 4.91. The Morgan fingerprint density at radius 3 is 2.62 bits per heavy atom. The van der Waals surface area contributed by atoms with Gasteiger partial charge in [-0.2, -0.15) is 13.2 Å². The van der Waals surface area contributed by atoms with E-state index in [9.17, 15) is 13.2 Å². The van der Waals surface area contributed by atoms with Crippen molar-refractivity contribution in [3.8, 4) is 5.88 Å². The standard InChI is InChI=1S/C10H11F3N2O/c11-10(12,13)8-2-1-3-15-9(8)16-7-4-6(14)5-7/h1-3,6-7H,4-5,14H2. The zero-order valence-corrected chi connectivity index (χ0v) is 8.37. The van der Waals surface area contributed by atoms with E-state index in [0.29, 0.717) is 12.8 Å². The summed E-state index contributed by atoms with van der Waals surface area (Å²) >= 11 is 0. The third-order valence-corrected chi connectivity index (χ3v) is 2.49. The van der Waals surface area contributed by atoms with E-state index in [1.807, 2.05) is 0 Å². The summed E-state index contributed by atoms with van der Waals surface area (Å²) in [6.07, 6.45) is -2.24. The summed E-state index contributed by atoms with van der Waals surface area (Å²) in [5.41, 5.74) is 4.69. The smallest absolute Gasteiger partial charge is 0.421 e. The quantitative estimate of drug-likeness (QED) is 0.848. The maximum absolute atomic E-state index is 12.6. The monoisotopic (exact) mass is 232 g/mol. The molecular formula is C10H11F3N2O. The molecule has 1 heterocycles. The lowest BCUT2D eigenvalue weighted by Crippen LogP contribution is -2.43. The normalized spacial score (nSPS) is 25.0. The van der Waals surface area contributed by atoms with Crippen molar-refractivity contribution in [2.24, 2.45) is 5.73 Å². The number of halogens is 3. The van der Waals surface area contributed by atoms with Gasteiger partial charge in [0.1, 0.15) is 11.7 Å². The fourth-order valence-corrected chi connectivity index (χ4v) is 1.56. The number of alkyl halides is 3. The zero-order chi connectivity index (χ0) is 11.8. The van der Waals surface area contributed by atoms with Crippen LogP contribution in [-0.4, -0.2) is 17.1 Å². The highest BCUT2D eigenvalue weighted by molar-refractivity contribution is 5.28. The van der Waals surface area contributed by atoms with Gasteiger partial charge in [0.2, 0.25) is 5.88 Å². The van der Waals surface area contributed by atoms with E-state index in [-0.39, 0.29) is 18.0 Å². The number of hydrogen-bond acceptors (Lipinski definition) is 3. The van der Waals surface area contributed by atoms with Crippen molar-refractivity contribution in [2.45, 2.75) is 31.2 Å². The zero-order valence-electron chi connectivity index (χ0n) is 8.37. The van der Waals surface area contributed by atoms with E-state index in [2.05, 4.69) is 4.98 Å². The summed E-state index contributed by atoms with van der Waals surface area (Å²) in [5.74, 6) is -0.355. The largest absolute Gasteiger partial charge is 0.474 e. The van der Waals surface area contributed by atoms with Crippen LogP contribution in [0.5, 0.6) is 5.88 Å². The molecule has 1 aromatic rings. The maximum atomic E-state index is 12.6. The maximum Gasteiger partial charge on any atom is 0.421 e. The second-order valence-electron chi connectivity index (χ2n) is 3.83. The SMILES string of the molecule is NC1CC(Oc2ncccc2C(F)(F)F)C1. The fraction of sp³-hybridized carbons (Fsp3) is 0.500. The topological polar surface area (TPSA) is 48.1 Å². The van der Waals surface area contributed by atoms with Crippen LogP contribution in [0.2, 0.25) is 0 Å². The van der Waals surface area contributed by atoms with Crippen molar-refractivity contribution in [1.29, 1.82) is 0 Å². The molecule has 0 saturated heterocycles. The number of rotatable bonds is 2. The summed E-state index contributed by atoms with van der Waals surface area (Å²) in [7, 11) is 0. The van der Waals surface area contributed by atoms with Crippen LogP contribution < -0.4 is 10.5 Å². The van der Waals surface area contributed by atoms with Gasteiger partial charge in [-0.1, -0.05) is 0 Å². The first kappa shape index (κ1) is 11.2. The lowest BCUT2D eigenvalue weighted by Gasteiger charge is -2.32. The van der Waals surface area contributed by atoms with E-state index in [4.69, 9.17) is 10.5 Å². The Balaban J connectivity index is 2.14. The molecule has 0 atom stereocenters. The first-order chi connectivity index (χ1) is 7.47. The van der Waals surface area contributed by atoms with Gasteiger partial charge < -0.3 is 10.5 Å². The van der Waals surface area contributed by atoms with Gasteiger partial charge in [-0.05, 0) is 25.0 Å². The average molecular weight is 232 g/mol. The summed E-state index contributed by atoms with van der Waals surface area (Å²) in [4.78, 5) is 3.61. The number of nitrogens with two attached hydrogens (primary N) is 1. The van der Waals surface area contributed by atoms with Gasteiger partial charge >= 0.3 is 6.18 Å². The van der Waals surface area contributed by atoms with Gasteiger partial charge in [-0.3, -0.25) is 0 Å². The van der Waals surface area contributed by atoms with Crippen molar-refractivity contribution in [3.05, 3.63) is 23.9 Å². The van der Waals surface area contributed by atoms with Crippen LogP contribution in [0.15, 0.2) is 18.3 Å². The van der Waals surface area contributed by atoms with Crippen LogP contribution in [-0.2, 0) is 6.18 Å². The molecule has 0 spiro atoms. The van der Waals surface area contributed by atoms with Crippen molar-refractivity contribution >= 4 is 0 Å². The Kier molecular flexibility index (Phi) is 2.75. The molecule has 88 valence electrons. The molecule has 6 heteroatoms. The Morgan fingerprint density at radius 1 is 1.38 bits per heavy atom. The van der Waals surface area contributed by atoms with E-state index < -0.39 is 11.7 Å². The highest BCUT2D eigenvalue weighted by atomic mass is 19.4. The number of nitrogens with zero attached hydrogens (tertiary/aromatic N) is 1. The third kappa shape index (κ3) is 2.27. The van der Waals surface area contributed by atoms with Crippen LogP contribution in [0.25, 0.3) is 0 Å². The molecule has 3 nitrogen and oxygen atoms in total. The predicted molar refractivity (Wildman–Crippen MR) is 50.9 cm³/mol. The molecule has 2 N–H and O–H groups in total. The van der Waals surface area contributed by atoms with E-state index in [1.165, 1.54) is 12.3 Å². The van der Waals surface area contributed by atoms with Gasteiger partial charge in [0.05, 0.1) is 0 Å². The second kappa shape index (κ2) is 3.93. The third-order valence-electron chi connectivity index (χ3n) is 2.49. The molecule has 16 heavy (non-hydrogen) atoms. The molecule has 0 radical (unpaired) electrons. The Labute approximate surface area is 90.4 Å². The Hall–Kier alpha value is -1.30. The van der Waals surface area contributed by atoms with Crippen molar-refractivity contribution in [1.82, 2.24) is 4.98 Å². The molecule has 0 unspecified atom stereocenters. The number of aromatic nitrogens is 1. The van der Waals surface area contributed by atoms with Gasteiger partial charge in [0.15, 0.2) is 0 Å². The first-order valence-corrected chi connectivity index (χ1v) is 4.91. The molecule has 1 aliphatic carbocycles. The highest BCUT2D eigenvalue weighted by Gasteiger charge is 2.37. The van der Waals surface area contributed by atoms with Crippen LogP contribution in [0.4, 0.5) is 13.2 Å². The predicted octanol–water partition coefficient (Wildman–Crippen LogP) is 1.97. The van der Waals surface area contributed by atoms with Gasteiger partial charge in [0, 0.05) is 12.2 Å². The van der Waals surface area contributed by atoms with E-state index in [1.54, 1.807) is 0 Å². The molecule has 1 saturated carbocycles. The van der Waals surface area contributed by atoms with E-state index in [0.717, 1.165) is 6.07 Å². The number of ether oxygens (including phenoxy) is 1. The molecule has 0 aliphatic heterocycles. The lowest BCUT2D eigenvalue weighted by atomic mass is 9.90. The molecule has 0 amide bonds. The van der Waals surface area contributed by atoms with Crippen LogP contribution >= 0.6 is 0 Å². The average Bonchev–Trinajstić information content (AvgIpc) is 2.14. The van der Waals surface area contributed by atoms with Crippen LogP contribution in [0.1, 0.15) is 18.4 Å². The summed E-state index contributed by atoms with van der Waals surface area (Å²) < 4.78 is 42.8. The summed E-state index contributed by atoms with van der Waals surface area (Å²) in [6, 6.07) is 2.23. The van der Waals surface area contributed by atoms with Gasteiger partial charge in [-0.15, -0.1) is 0 Å². The molecule has 1 fully saturated rings. The molecular weight excluding hydrogens is 221 g/mol. The van der Waals surface area contributed by atoms with Crippen molar-refractivity contribution in [2.75, 3.05) is 0 Å². The summed E-state index contributed by atoms with van der Waals surface area (Å²) in [5, 5.41) is 0. The minimum atomic E-state index is -4.44. The van der Waals surface area contributed by atoms with Crippen LogP contribution in [0, 0.1) is 0 Å². The second-order valence-corrected chi connectivity index (χ2v) is 3.83. The number of pyridine rings is 1. The molecule has 1 aliphatic rings. The van der Waals surface area contributed by atoms with Gasteiger partial charge in [0.25, 0.3) is 0 Å². The molecule has 0 aromatic carbocycles. The molecule has 2 rings (SSSR count). The fourth-order valence-electron chi connectivity index (χ4n) is 1.56. The minimum absolute atomic E-state index is 0.0306. The highest BCUT2D eigenvalue weighted by Crippen LogP contribution is 2.36. The lowest BCUT2D eigenvalue weighted by molar-refractivity contribution is -0.140. The van der Waals surface area contributed by atoms with Crippen molar-refractivity contribution in [3.63, 3.8) is 0 Å². The van der Waals surface area contributed by atoms with Crippen molar-refractivity contribution < 1.29 is 17.9 Å². The Bertz CT molecular complexity index is 375. The summed E-state index contributed by atoms with van der Waals surface area (Å²) in [6.45, 7) is 0. The van der Waals surface area contributed by atoms with Crippen LogP contribution in [0.3, 0.4) is 0 Å². The number of hydrogen-bond donors (Lipinski definition) is 1. The molecule has 0 bridgehead atoms.